The van der Waals surface area contributed by atoms with Crippen LogP contribution in [0.5, 0.6) is 0 Å². The number of hydrogen-bond acceptors (Lipinski definition) is 5. The number of hydrogen-bond donors (Lipinski definition) is 2. The van der Waals surface area contributed by atoms with E-state index >= 15 is 0 Å². The molecule has 0 aliphatic carbocycles. The molecule has 2 aliphatic rings. The van der Waals surface area contributed by atoms with Gasteiger partial charge in [0.2, 0.25) is 5.43 Å². The van der Waals surface area contributed by atoms with Crippen LogP contribution in [0.25, 0.3) is 11.0 Å². The number of aromatic nitrogens is 3. The molecule has 180 valence electrons. The number of nitrogens with one attached hydrogen (secondary N) is 1. The third kappa shape index (κ3) is 4.96. The van der Waals surface area contributed by atoms with Crippen molar-refractivity contribution in [2.45, 2.75) is 45.2 Å². The van der Waals surface area contributed by atoms with E-state index < -0.39 is 11.3 Å². The summed E-state index contributed by atoms with van der Waals surface area (Å²) in [5.74, 6) is 0.403. The molecule has 10 heteroatoms. The van der Waals surface area contributed by atoms with Crippen molar-refractivity contribution in [3.8, 4) is 0 Å². The van der Waals surface area contributed by atoms with Crippen molar-refractivity contribution in [3.05, 3.63) is 71.9 Å². The first-order chi connectivity index (χ1) is 16.3. The first-order valence-electron chi connectivity index (χ1n) is 11.4. The lowest BCUT2D eigenvalue weighted by Crippen LogP contribution is -2.44. The summed E-state index contributed by atoms with van der Waals surface area (Å²) in [4.78, 5) is 39.4. The third-order valence-electron chi connectivity index (χ3n) is 6.37. The number of rotatable bonds is 4. The summed E-state index contributed by atoms with van der Waals surface area (Å²) in [6.45, 7) is 5.69. The maximum absolute atomic E-state index is 12.1. The maximum atomic E-state index is 12.1. The van der Waals surface area contributed by atoms with E-state index in [1.807, 2.05) is 15.2 Å². The lowest BCUT2D eigenvalue weighted by Gasteiger charge is -2.37. The van der Waals surface area contributed by atoms with Crippen molar-refractivity contribution >= 4 is 44.5 Å². The highest BCUT2D eigenvalue weighted by Gasteiger charge is 2.30. The van der Waals surface area contributed by atoms with Crippen molar-refractivity contribution in [1.29, 1.82) is 0 Å². The van der Waals surface area contributed by atoms with Gasteiger partial charge in [0.1, 0.15) is 16.2 Å². The number of nitrogens with zero attached hydrogens (tertiary/aromatic N) is 3. The number of piperidine rings is 1. The highest BCUT2D eigenvalue weighted by Crippen LogP contribution is 2.32. The summed E-state index contributed by atoms with van der Waals surface area (Å²) in [6.07, 6.45) is 4.66. The fourth-order valence-corrected chi connectivity index (χ4v) is 5.19. The Morgan fingerprint density at radius 3 is 2.79 bits per heavy atom. The minimum absolute atomic E-state index is 0.0571. The predicted octanol–water partition coefficient (Wildman–Crippen LogP) is 3.27. The van der Waals surface area contributed by atoms with Gasteiger partial charge in [0.15, 0.2) is 0 Å². The zero-order valence-electron chi connectivity index (χ0n) is 18.9. The Kier molecular flexibility index (Phi) is 7.54. The van der Waals surface area contributed by atoms with E-state index in [2.05, 4.69) is 39.2 Å². The van der Waals surface area contributed by atoms with Gasteiger partial charge in [-0.1, -0.05) is 24.9 Å². The normalized spacial score (nSPS) is 18.7. The standard InChI is InChI=1S/C13H14ClN3O2.C11H13BrN2O/c1-2-3-6-17-7-8(13(15)19)12(18)11-9(17)4-5-10(14)16-11;12-9-1-2-10-8-3-7(4-13-5-8)6-14(10)11(9)15/h4-5,7H,2-3,6H2,1H3,(H2,15,19);1-2,7-8,13H,3-6H2. The average Bonchev–Trinajstić information content (AvgIpc) is 2.82. The lowest BCUT2D eigenvalue weighted by molar-refractivity contribution is 0.0998. The number of carbonyl (C=O) groups excluding carboxylic acids is 1. The first kappa shape index (κ1) is 24.6. The molecular formula is C24H27BrClN5O3. The highest BCUT2D eigenvalue weighted by atomic mass is 79.9. The molecule has 3 N–H and O–H groups in total. The molecule has 0 aromatic carbocycles. The molecule has 5 rings (SSSR count). The SMILES string of the molecule is CCCCn1cc(C(N)=O)c(=O)c2nc(Cl)ccc21.O=c1c(Br)ccc2n1CC1CNCC2C1. The van der Waals surface area contributed by atoms with E-state index in [-0.39, 0.29) is 21.8 Å². The largest absolute Gasteiger partial charge is 0.365 e. The van der Waals surface area contributed by atoms with Crippen LogP contribution in [0.2, 0.25) is 5.15 Å². The molecule has 8 nitrogen and oxygen atoms in total. The molecule has 3 aromatic heterocycles. The number of carbonyl (C=O) groups is 1. The summed E-state index contributed by atoms with van der Waals surface area (Å²) < 4.78 is 4.45. The van der Waals surface area contributed by atoms with Gasteiger partial charge in [-0.25, -0.2) is 4.98 Å². The molecule has 2 unspecified atom stereocenters. The van der Waals surface area contributed by atoms with Gasteiger partial charge in [0.05, 0.1) is 9.99 Å². The van der Waals surface area contributed by atoms with Crippen LogP contribution in [0.3, 0.4) is 0 Å². The number of unbranched alkanes of at least 4 members (excludes halogenated alkanes) is 1. The highest BCUT2D eigenvalue weighted by molar-refractivity contribution is 9.10. The Morgan fingerprint density at radius 1 is 1.26 bits per heavy atom. The molecule has 2 aliphatic heterocycles. The zero-order chi connectivity index (χ0) is 24.4. The number of primary amides is 1. The Hall–Kier alpha value is -2.49. The van der Waals surface area contributed by atoms with Gasteiger partial charge in [0.25, 0.3) is 11.5 Å². The van der Waals surface area contributed by atoms with E-state index in [4.69, 9.17) is 17.3 Å². The van der Waals surface area contributed by atoms with Crippen LogP contribution in [-0.2, 0) is 13.1 Å². The van der Waals surface area contributed by atoms with Crippen molar-refractivity contribution < 1.29 is 4.79 Å². The Labute approximate surface area is 210 Å². The molecular weight excluding hydrogens is 522 g/mol. The second-order valence-electron chi connectivity index (χ2n) is 8.76. The van der Waals surface area contributed by atoms with Crippen LogP contribution in [0.1, 0.15) is 48.2 Å². The molecule has 0 saturated carbocycles. The van der Waals surface area contributed by atoms with Crippen LogP contribution < -0.4 is 22.0 Å². The molecule has 3 aromatic rings. The Morgan fingerprint density at radius 2 is 2.06 bits per heavy atom. The second kappa shape index (κ2) is 10.4. The number of pyridine rings is 3. The van der Waals surface area contributed by atoms with Crippen molar-refractivity contribution in [1.82, 2.24) is 19.4 Å². The van der Waals surface area contributed by atoms with E-state index in [9.17, 15) is 14.4 Å². The van der Waals surface area contributed by atoms with Gasteiger partial charge in [-0.15, -0.1) is 0 Å². The van der Waals surface area contributed by atoms with Gasteiger partial charge in [-0.05, 0) is 65.5 Å². The Balaban J connectivity index is 0.000000165. The number of halogens is 2. The van der Waals surface area contributed by atoms with Crippen LogP contribution in [0.4, 0.5) is 0 Å². The topological polar surface area (TPSA) is 112 Å². The van der Waals surface area contributed by atoms with Crippen LogP contribution in [-0.4, -0.2) is 33.1 Å². The summed E-state index contributed by atoms with van der Waals surface area (Å²) in [5, 5.41) is 3.65. The van der Waals surface area contributed by atoms with Gasteiger partial charge in [0, 0.05) is 37.4 Å². The fraction of sp³-hybridized carbons (Fsp3) is 0.417. The van der Waals surface area contributed by atoms with Gasteiger partial charge in [-0.2, -0.15) is 0 Å². The van der Waals surface area contributed by atoms with E-state index in [1.54, 1.807) is 12.1 Å². The Bertz CT molecular complexity index is 1350. The van der Waals surface area contributed by atoms with Gasteiger partial charge in [-0.3, -0.25) is 14.4 Å². The van der Waals surface area contributed by atoms with Crippen molar-refractivity contribution in [2.24, 2.45) is 11.7 Å². The average molecular weight is 549 g/mol. The summed E-state index contributed by atoms with van der Waals surface area (Å²) >= 11 is 9.11. The van der Waals surface area contributed by atoms with Crippen LogP contribution >= 0.6 is 27.5 Å². The summed E-state index contributed by atoms with van der Waals surface area (Å²) in [5.41, 5.74) is 6.87. The number of aryl methyl sites for hydroxylation is 1. The summed E-state index contributed by atoms with van der Waals surface area (Å²) in [6, 6.07) is 7.31. The van der Waals surface area contributed by atoms with Crippen molar-refractivity contribution in [3.63, 3.8) is 0 Å². The maximum Gasteiger partial charge on any atom is 0.265 e. The minimum Gasteiger partial charge on any atom is -0.365 e. The molecule has 2 bridgehead atoms. The van der Waals surface area contributed by atoms with E-state index in [0.29, 0.717) is 28.4 Å². The molecule has 0 radical (unpaired) electrons. The molecule has 1 amide bonds. The predicted molar refractivity (Wildman–Crippen MR) is 137 cm³/mol. The molecule has 1 fully saturated rings. The number of fused-ring (bicyclic) bond motifs is 5. The van der Waals surface area contributed by atoms with Gasteiger partial charge >= 0.3 is 0 Å². The quantitative estimate of drug-likeness (QED) is 0.486. The molecule has 5 heterocycles. The van der Waals surface area contributed by atoms with E-state index in [0.717, 1.165) is 32.5 Å². The third-order valence-corrected chi connectivity index (χ3v) is 7.19. The van der Waals surface area contributed by atoms with E-state index in [1.165, 1.54) is 18.3 Å². The molecule has 0 spiro atoms. The zero-order valence-corrected chi connectivity index (χ0v) is 21.2. The molecule has 34 heavy (non-hydrogen) atoms. The second-order valence-corrected chi connectivity index (χ2v) is 10.0. The molecule has 2 atom stereocenters. The molecule has 1 saturated heterocycles. The lowest BCUT2D eigenvalue weighted by atomic mass is 9.84. The number of amides is 1. The van der Waals surface area contributed by atoms with Gasteiger partial charge < -0.3 is 20.2 Å². The monoisotopic (exact) mass is 547 g/mol. The fourth-order valence-electron chi connectivity index (χ4n) is 4.69. The minimum atomic E-state index is -0.751. The first-order valence-corrected chi connectivity index (χ1v) is 12.6. The number of nitrogens with two attached hydrogens (primary N) is 1. The van der Waals surface area contributed by atoms with Crippen LogP contribution in [0.15, 0.2) is 44.5 Å². The van der Waals surface area contributed by atoms with Crippen LogP contribution in [0, 0.1) is 5.92 Å². The van der Waals surface area contributed by atoms with Crippen molar-refractivity contribution in [2.75, 3.05) is 13.1 Å². The summed E-state index contributed by atoms with van der Waals surface area (Å²) in [7, 11) is 0. The smallest absolute Gasteiger partial charge is 0.265 e.